The van der Waals surface area contributed by atoms with Gasteiger partial charge >= 0.3 is 0 Å². The van der Waals surface area contributed by atoms with Crippen LogP contribution in [0.15, 0.2) is 12.1 Å². The van der Waals surface area contributed by atoms with E-state index in [0.29, 0.717) is 12.5 Å². The summed E-state index contributed by atoms with van der Waals surface area (Å²) in [5, 5.41) is 0. The molecule has 1 atom stereocenters. The molecule has 0 amide bonds. The standard InChI is InChI=1S/C14H19ClO2/c1-10-6-12(8-15)7-11(2)14(10)17-9-13-4-3-5-16-13/h6-7,13H,3-5,8-9H2,1-2H3. The van der Waals surface area contributed by atoms with E-state index in [0.717, 1.165) is 41.9 Å². The smallest absolute Gasteiger partial charge is 0.125 e. The van der Waals surface area contributed by atoms with Gasteiger partial charge in [0.25, 0.3) is 0 Å². The fourth-order valence-electron chi connectivity index (χ4n) is 2.30. The lowest BCUT2D eigenvalue weighted by atomic mass is 10.1. The van der Waals surface area contributed by atoms with Gasteiger partial charge in [-0.3, -0.25) is 0 Å². The average molecular weight is 255 g/mol. The van der Waals surface area contributed by atoms with Crippen molar-refractivity contribution in [2.24, 2.45) is 0 Å². The number of aryl methyl sites for hydroxylation is 2. The summed E-state index contributed by atoms with van der Waals surface area (Å²) in [5.41, 5.74) is 3.45. The highest BCUT2D eigenvalue weighted by atomic mass is 35.5. The molecule has 0 bridgehead atoms. The Kier molecular flexibility index (Phi) is 4.30. The normalized spacial score (nSPS) is 19.6. The molecule has 0 radical (unpaired) electrons. The van der Waals surface area contributed by atoms with Crippen LogP contribution in [0, 0.1) is 13.8 Å². The van der Waals surface area contributed by atoms with Gasteiger partial charge in [-0.2, -0.15) is 0 Å². The van der Waals surface area contributed by atoms with E-state index >= 15 is 0 Å². The van der Waals surface area contributed by atoms with Gasteiger partial charge in [-0.1, -0.05) is 12.1 Å². The second kappa shape index (κ2) is 5.74. The first kappa shape index (κ1) is 12.7. The molecule has 1 aliphatic rings. The third-order valence-electron chi connectivity index (χ3n) is 3.11. The third-order valence-corrected chi connectivity index (χ3v) is 3.42. The van der Waals surface area contributed by atoms with E-state index in [1.54, 1.807) is 0 Å². The minimum Gasteiger partial charge on any atom is -0.490 e. The van der Waals surface area contributed by atoms with Crippen LogP contribution in [0.25, 0.3) is 0 Å². The zero-order valence-corrected chi connectivity index (χ0v) is 11.2. The minimum atomic E-state index is 0.265. The Morgan fingerprint density at radius 2 is 2.06 bits per heavy atom. The van der Waals surface area contributed by atoms with Crippen molar-refractivity contribution in [3.05, 3.63) is 28.8 Å². The van der Waals surface area contributed by atoms with E-state index in [9.17, 15) is 0 Å². The van der Waals surface area contributed by atoms with Crippen LogP contribution in [0.5, 0.6) is 5.75 Å². The minimum absolute atomic E-state index is 0.265. The molecule has 1 aromatic rings. The molecule has 0 spiro atoms. The number of hydrogen-bond donors (Lipinski definition) is 0. The zero-order chi connectivity index (χ0) is 12.3. The van der Waals surface area contributed by atoms with E-state index in [1.807, 2.05) is 0 Å². The number of ether oxygens (including phenoxy) is 2. The molecule has 0 N–H and O–H groups in total. The Balaban J connectivity index is 2.04. The van der Waals surface area contributed by atoms with Gasteiger partial charge < -0.3 is 9.47 Å². The van der Waals surface area contributed by atoms with E-state index < -0.39 is 0 Å². The van der Waals surface area contributed by atoms with Crippen LogP contribution in [0.1, 0.15) is 29.5 Å². The summed E-state index contributed by atoms with van der Waals surface area (Å²) in [6, 6.07) is 4.18. The first-order valence-electron chi connectivity index (χ1n) is 6.11. The van der Waals surface area contributed by atoms with Gasteiger partial charge in [-0.25, -0.2) is 0 Å². The SMILES string of the molecule is Cc1cc(CCl)cc(C)c1OCC1CCCO1. The van der Waals surface area contributed by atoms with E-state index in [1.165, 1.54) is 0 Å². The van der Waals surface area contributed by atoms with Crippen molar-refractivity contribution in [3.63, 3.8) is 0 Å². The van der Waals surface area contributed by atoms with Gasteiger partial charge in [-0.15, -0.1) is 11.6 Å². The fourth-order valence-corrected chi connectivity index (χ4v) is 2.45. The maximum atomic E-state index is 5.88. The molecule has 0 saturated carbocycles. The van der Waals surface area contributed by atoms with Crippen molar-refractivity contribution < 1.29 is 9.47 Å². The van der Waals surface area contributed by atoms with Crippen LogP contribution < -0.4 is 4.74 Å². The number of benzene rings is 1. The van der Waals surface area contributed by atoms with E-state index in [-0.39, 0.29) is 6.10 Å². The molecule has 0 aliphatic carbocycles. The summed E-state index contributed by atoms with van der Waals surface area (Å²) in [5.74, 6) is 1.53. The molecule has 1 fully saturated rings. The lowest BCUT2D eigenvalue weighted by Gasteiger charge is -2.16. The maximum Gasteiger partial charge on any atom is 0.125 e. The third kappa shape index (κ3) is 3.14. The van der Waals surface area contributed by atoms with Crippen molar-refractivity contribution in [2.75, 3.05) is 13.2 Å². The van der Waals surface area contributed by atoms with Crippen LogP contribution in [-0.2, 0) is 10.6 Å². The molecular weight excluding hydrogens is 236 g/mol. The van der Waals surface area contributed by atoms with Gasteiger partial charge in [-0.05, 0) is 43.4 Å². The van der Waals surface area contributed by atoms with Gasteiger partial charge in [0.05, 0.1) is 6.10 Å². The number of rotatable bonds is 4. The topological polar surface area (TPSA) is 18.5 Å². The Bertz CT molecular complexity index is 361. The molecule has 1 aliphatic heterocycles. The maximum absolute atomic E-state index is 5.88. The van der Waals surface area contributed by atoms with Crippen molar-refractivity contribution in [1.82, 2.24) is 0 Å². The lowest BCUT2D eigenvalue weighted by Crippen LogP contribution is -2.17. The Morgan fingerprint density at radius 3 is 2.59 bits per heavy atom. The number of hydrogen-bond acceptors (Lipinski definition) is 2. The predicted octanol–water partition coefficient (Wildman–Crippen LogP) is 3.60. The molecule has 1 unspecified atom stereocenters. The zero-order valence-electron chi connectivity index (χ0n) is 10.5. The van der Waals surface area contributed by atoms with Crippen LogP contribution in [-0.4, -0.2) is 19.3 Å². The molecule has 3 heteroatoms. The molecule has 2 rings (SSSR count). The quantitative estimate of drug-likeness (QED) is 0.765. The second-order valence-electron chi connectivity index (χ2n) is 4.64. The molecule has 94 valence electrons. The van der Waals surface area contributed by atoms with Crippen LogP contribution in [0.4, 0.5) is 0 Å². The van der Waals surface area contributed by atoms with Crippen molar-refractivity contribution in [2.45, 2.75) is 38.7 Å². The first-order valence-corrected chi connectivity index (χ1v) is 6.64. The number of alkyl halides is 1. The van der Waals surface area contributed by atoms with Crippen molar-refractivity contribution in [1.29, 1.82) is 0 Å². The second-order valence-corrected chi connectivity index (χ2v) is 4.91. The summed E-state index contributed by atoms with van der Waals surface area (Å²) >= 11 is 5.84. The summed E-state index contributed by atoms with van der Waals surface area (Å²) in [6.07, 6.45) is 2.52. The molecule has 1 aromatic carbocycles. The number of halogens is 1. The summed E-state index contributed by atoms with van der Waals surface area (Å²) < 4.78 is 11.4. The van der Waals surface area contributed by atoms with Crippen LogP contribution in [0.3, 0.4) is 0 Å². The van der Waals surface area contributed by atoms with E-state index in [4.69, 9.17) is 21.1 Å². The van der Waals surface area contributed by atoms with Crippen LogP contribution >= 0.6 is 11.6 Å². The highest BCUT2D eigenvalue weighted by molar-refractivity contribution is 6.17. The molecule has 1 saturated heterocycles. The largest absolute Gasteiger partial charge is 0.490 e. The molecule has 2 nitrogen and oxygen atoms in total. The monoisotopic (exact) mass is 254 g/mol. The van der Waals surface area contributed by atoms with Gasteiger partial charge in [0.1, 0.15) is 12.4 Å². The lowest BCUT2D eigenvalue weighted by molar-refractivity contribution is 0.0675. The van der Waals surface area contributed by atoms with Crippen molar-refractivity contribution >= 4 is 11.6 Å². The van der Waals surface area contributed by atoms with Gasteiger partial charge in [0, 0.05) is 12.5 Å². The Morgan fingerprint density at radius 1 is 1.35 bits per heavy atom. The molecular formula is C14H19ClO2. The van der Waals surface area contributed by atoms with Gasteiger partial charge in [0.2, 0.25) is 0 Å². The Hall–Kier alpha value is -0.730. The predicted molar refractivity (Wildman–Crippen MR) is 69.9 cm³/mol. The summed E-state index contributed by atoms with van der Waals surface area (Å²) in [7, 11) is 0. The van der Waals surface area contributed by atoms with E-state index in [2.05, 4.69) is 26.0 Å². The molecule has 1 heterocycles. The molecule has 17 heavy (non-hydrogen) atoms. The van der Waals surface area contributed by atoms with Crippen molar-refractivity contribution in [3.8, 4) is 5.75 Å². The fraction of sp³-hybridized carbons (Fsp3) is 0.571. The van der Waals surface area contributed by atoms with Gasteiger partial charge in [0.15, 0.2) is 0 Å². The average Bonchev–Trinajstić information content (AvgIpc) is 2.80. The summed E-state index contributed by atoms with van der Waals surface area (Å²) in [6.45, 7) is 5.65. The highest BCUT2D eigenvalue weighted by Crippen LogP contribution is 2.26. The first-order chi connectivity index (χ1) is 8.20. The molecule has 0 aromatic heterocycles. The Labute approximate surface area is 108 Å². The van der Waals surface area contributed by atoms with Crippen LogP contribution in [0.2, 0.25) is 0 Å². The highest BCUT2D eigenvalue weighted by Gasteiger charge is 2.17. The summed E-state index contributed by atoms with van der Waals surface area (Å²) in [4.78, 5) is 0.